The van der Waals surface area contributed by atoms with Gasteiger partial charge in [0.25, 0.3) is 0 Å². The minimum Gasteiger partial charge on any atom is -0.454 e. The van der Waals surface area contributed by atoms with E-state index in [1.807, 2.05) is 0 Å². The van der Waals surface area contributed by atoms with E-state index in [2.05, 4.69) is 307 Å². The number of furan rings is 2. The molecule has 0 fully saturated rings. The Balaban J connectivity index is 0.954. The van der Waals surface area contributed by atoms with E-state index in [1.165, 1.54) is 115 Å². The molecule has 1 unspecified atom stereocenters. The summed E-state index contributed by atoms with van der Waals surface area (Å²) in [6.45, 7) is 23.7. The maximum absolute atomic E-state index is 7.37. The van der Waals surface area contributed by atoms with Gasteiger partial charge in [-0.1, -0.05) is 241 Å². The van der Waals surface area contributed by atoms with E-state index in [-0.39, 0.29) is 0 Å². The lowest BCUT2D eigenvalue weighted by molar-refractivity contribution is 0.656. The van der Waals surface area contributed by atoms with Crippen LogP contribution < -0.4 is 20.2 Å². The van der Waals surface area contributed by atoms with Crippen molar-refractivity contribution >= 4 is 137 Å². The number of hydrogen-bond acceptors (Lipinski definition) is 4. The van der Waals surface area contributed by atoms with Crippen LogP contribution in [0.1, 0.15) is 84.0 Å². The minimum atomic E-state index is -1.67. The highest BCUT2D eigenvalue weighted by molar-refractivity contribution is 6.89. The number of benzene rings is 13. The topological polar surface area (TPSA) is 32.8 Å². The summed E-state index contributed by atoms with van der Waals surface area (Å²) in [4.78, 5) is 5.07. The molecule has 1 spiro atoms. The van der Waals surface area contributed by atoms with Crippen LogP contribution in [-0.4, -0.2) is 16.1 Å². The minimum absolute atomic E-state index is 0.292. The number of hydrogen-bond donors (Lipinski definition) is 0. The Labute approximate surface area is 540 Å². The molecule has 0 saturated heterocycles. The number of anilines is 6. The molecule has 3 aliphatic rings. The van der Waals surface area contributed by atoms with Gasteiger partial charge in [-0.15, -0.1) is 0 Å². The fraction of sp³-hybridized carbons (Fsp3) is 0.163. The van der Waals surface area contributed by atoms with Crippen LogP contribution in [0.4, 0.5) is 34.1 Å². The molecule has 2 aromatic heterocycles. The summed E-state index contributed by atoms with van der Waals surface area (Å²) in [5.74, 6) is 0.590. The van der Waals surface area contributed by atoms with Gasteiger partial charge in [0.15, 0.2) is 11.2 Å². The number of fused-ring (bicyclic) bond motifs is 25. The van der Waals surface area contributed by atoms with Gasteiger partial charge in [0, 0.05) is 45.0 Å². The summed E-state index contributed by atoms with van der Waals surface area (Å²) in [5, 5.41) is 15.1. The van der Waals surface area contributed by atoms with Gasteiger partial charge in [-0.3, -0.25) is 0 Å². The van der Waals surface area contributed by atoms with Gasteiger partial charge in [0.1, 0.15) is 11.2 Å². The summed E-state index contributed by atoms with van der Waals surface area (Å²) in [6.07, 6.45) is 0.754. The van der Waals surface area contributed by atoms with E-state index in [0.717, 1.165) is 78.7 Å². The Morgan fingerprint density at radius 3 is 1.49 bits per heavy atom. The fourth-order valence-corrected chi connectivity index (χ4v) is 18.9. The zero-order chi connectivity index (χ0) is 62.4. The summed E-state index contributed by atoms with van der Waals surface area (Å²) in [6, 6.07) is 89.1. The molecule has 15 aromatic rings. The third-order valence-corrected chi connectivity index (χ3v) is 25.2. The number of para-hydroxylation sites is 3. The molecule has 1 aliphatic heterocycles. The third kappa shape index (κ3) is 7.74. The molecule has 0 bridgehead atoms. The lowest BCUT2D eigenvalue weighted by Crippen LogP contribution is -2.37. The monoisotopic (exact) mass is 1220 g/mol. The Morgan fingerprint density at radius 2 is 0.859 bits per heavy atom. The first kappa shape index (κ1) is 55.1. The highest BCUT2D eigenvalue weighted by Gasteiger charge is 2.53. The smallest absolute Gasteiger partial charge is 0.159 e. The first-order valence-electron chi connectivity index (χ1n) is 33.1. The molecule has 18 rings (SSSR count). The van der Waals surface area contributed by atoms with Crippen LogP contribution in [-0.2, 0) is 11.8 Å². The quantitative estimate of drug-likeness (QED) is 0.112. The van der Waals surface area contributed by atoms with E-state index < -0.39 is 21.6 Å². The van der Waals surface area contributed by atoms with Crippen molar-refractivity contribution in [3.8, 4) is 22.3 Å². The maximum Gasteiger partial charge on any atom is 0.159 e. The predicted molar refractivity (Wildman–Crippen MR) is 396 cm³/mol. The number of rotatable bonds is 8. The van der Waals surface area contributed by atoms with Crippen molar-refractivity contribution in [2.45, 2.75) is 90.6 Å². The zero-order valence-electron chi connectivity index (χ0n) is 54.0. The van der Waals surface area contributed by atoms with E-state index in [4.69, 9.17) is 8.83 Å². The summed E-state index contributed by atoms with van der Waals surface area (Å²) >= 11 is 0. The van der Waals surface area contributed by atoms with E-state index in [1.54, 1.807) is 0 Å². The van der Waals surface area contributed by atoms with E-state index >= 15 is 0 Å². The molecule has 2 aliphatic carbocycles. The molecule has 0 N–H and O–H groups in total. The summed E-state index contributed by atoms with van der Waals surface area (Å²) in [7, 11) is -3.33. The second-order valence-corrected chi connectivity index (χ2v) is 39.2. The molecule has 13 aromatic carbocycles. The molecule has 3 heterocycles. The number of nitrogens with zero attached hydrogens (tertiary/aromatic N) is 2. The molecular weight excluding hydrogens is 1150 g/mol. The van der Waals surface area contributed by atoms with Gasteiger partial charge < -0.3 is 18.6 Å². The standard InChI is InChI=1S/C86H72N2O2Si2/c1-50(2)59-25-17-27-67-69-29-19-31-79(84(69)89-82(59)67)87(54-33-38-57(39-34-54)91(5,6)7)56-37-43-66-73-45-53-44-52-32-42-70-68-28-18-26-60(51(3)4)83(68)90-85(70)81(52)88(55-35-40-58(41-36-55)92(8,9)10)80(53)49-78(73)86(76(66)46-56)75-30-16-15-24-65(75)74-47-71-63-22-13-11-20-61(63)62-21-12-14-23-64(62)72(71)48-77(74)86/h11-43,45-51H,44H2,1-10H3. The van der Waals surface area contributed by atoms with Gasteiger partial charge in [0.05, 0.1) is 38.6 Å². The second kappa shape index (κ2) is 19.6. The van der Waals surface area contributed by atoms with Crippen LogP contribution in [0.3, 0.4) is 0 Å². The van der Waals surface area contributed by atoms with Crippen molar-refractivity contribution < 1.29 is 8.83 Å². The summed E-state index contributed by atoms with van der Waals surface area (Å²) < 4.78 is 14.7. The van der Waals surface area contributed by atoms with Gasteiger partial charge in [-0.05, 0) is 178 Å². The van der Waals surface area contributed by atoms with Crippen molar-refractivity contribution in [1.29, 1.82) is 0 Å². The van der Waals surface area contributed by atoms with Gasteiger partial charge in [-0.2, -0.15) is 0 Å². The van der Waals surface area contributed by atoms with Crippen LogP contribution in [0.25, 0.3) is 98.4 Å². The summed E-state index contributed by atoms with van der Waals surface area (Å²) in [5.41, 5.74) is 24.8. The normalized spacial score (nSPS) is 15.0. The Hall–Kier alpha value is -9.73. The molecule has 6 heteroatoms. The Morgan fingerprint density at radius 1 is 0.370 bits per heavy atom. The average Bonchev–Trinajstić information content (AvgIpc) is 1.49. The van der Waals surface area contributed by atoms with E-state index in [9.17, 15) is 0 Å². The van der Waals surface area contributed by atoms with Gasteiger partial charge >= 0.3 is 0 Å². The lowest BCUT2D eigenvalue weighted by atomic mass is 9.69. The first-order chi connectivity index (χ1) is 44.5. The van der Waals surface area contributed by atoms with Crippen molar-refractivity contribution in [3.63, 3.8) is 0 Å². The van der Waals surface area contributed by atoms with Crippen LogP contribution >= 0.6 is 0 Å². The molecule has 92 heavy (non-hydrogen) atoms. The molecule has 1 atom stereocenters. The third-order valence-electron chi connectivity index (χ3n) is 21.1. The average molecular weight is 1220 g/mol. The molecule has 0 radical (unpaired) electrons. The zero-order valence-corrected chi connectivity index (χ0v) is 56.0. The van der Waals surface area contributed by atoms with Crippen LogP contribution in [0, 0.1) is 0 Å². The largest absolute Gasteiger partial charge is 0.454 e. The van der Waals surface area contributed by atoms with Crippen molar-refractivity contribution in [3.05, 3.63) is 275 Å². The molecular formula is C86H72N2O2Si2. The van der Waals surface area contributed by atoms with Gasteiger partial charge in [0.2, 0.25) is 0 Å². The van der Waals surface area contributed by atoms with Crippen LogP contribution in [0.15, 0.2) is 239 Å². The van der Waals surface area contributed by atoms with E-state index in [0.29, 0.717) is 11.8 Å². The molecule has 4 nitrogen and oxygen atoms in total. The van der Waals surface area contributed by atoms with Crippen molar-refractivity contribution in [2.75, 3.05) is 9.80 Å². The predicted octanol–water partition coefficient (Wildman–Crippen LogP) is 23.5. The lowest BCUT2D eigenvalue weighted by Gasteiger charge is -2.36. The second-order valence-electron chi connectivity index (χ2n) is 29.1. The highest BCUT2D eigenvalue weighted by Crippen LogP contribution is 2.66. The highest BCUT2D eigenvalue weighted by atomic mass is 28.3. The molecule has 446 valence electrons. The first-order valence-corrected chi connectivity index (χ1v) is 40.1. The Bertz CT molecular complexity index is 5660. The van der Waals surface area contributed by atoms with Gasteiger partial charge in [-0.25, -0.2) is 0 Å². The SMILES string of the molecule is CC(C)c1cccc2c1oc1c(N(c3ccc([Si](C)(C)C)cc3)c3ccc4c(c3)C3(c5ccccc5-c5cc6c7ccccc7c7ccccc7c6cc53)c3cc5c(cc3-4)Cc3ccc4c(oc6c(C(C)C)cccc64)c3N5c3ccc([Si](C)(C)C)cc3)cccc12. The van der Waals surface area contributed by atoms with Crippen molar-refractivity contribution in [2.24, 2.45) is 0 Å². The molecule has 0 amide bonds. The Kier molecular flexibility index (Phi) is 11.8. The molecule has 0 saturated carbocycles. The fourth-order valence-electron chi connectivity index (χ4n) is 16.6. The van der Waals surface area contributed by atoms with Crippen LogP contribution in [0.5, 0.6) is 0 Å². The van der Waals surface area contributed by atoms with Crippen LogP contribution in [0.2, 0.25) is 39.3 Å². The van der Waals surface area contributed by atoms with Crippen molar-refractivity contribution in [1.82, 2.24) is 0 Å². The maximum atomic E-state index is 7.37.